The molecule has 0 bridgehead atoms. The van der Waals surface area contributed by atoms with E-state index in [1.54, 1.807) is 6.20 Å². The number of nitrogens with zero attached hydrogens (tertiary/aromatic N) is 1. The summed E-state index contributed by atoms with van der Waals surface area (Å²) in [5.41, 5.74) is 2.62. The van der Waals surface area contributed by atoms with Crippen LogP contribution in [0.15, 0.2) is 24.4 Å². The molecule has 108 valence electrons. The molecule has 0 unspecified atom stereocenters. The fraction of sp³-hybridized carbons (Fsp3) is 0.250. The van der Waals surface area contributed by atoms with Crippen molar-refractivity contribution in [1.29, 1.82) is 0 Å². The van der Waals surface area contributed by atoms with Crippen LogP contribution in [0.5, 0.6) is 0 Å². The van der Waals surface area contributed by atoms with Gasteiger partial charge in [-0.25, -0.2) is 4.98 Å². The largest absolute Gasteiger partial charge is 0.395 e. The van der Waals surface area contributed by atoms with Crippen LogP contribution in [-0.4, -0.2) is 22.6 Å². The summed E-state index contributed by atoms with van der Waals surface area (Å²) in [4.78, 5) is 16.7. The summed E-state index contributed by atoms with van der Waals surface area (Å²) in [6, 6.07) is 5.57. The van der Waals surface area contributed by atoms with Crippen molar-refractivity contribution < 1.29 is 9.90 Å². The molecule has 1 aromatic heterocycles. The maximum Gasteiger partial charge on any atom is 0.267 e. The molecule has 0 fully saturated rings. The van der Waals surface area contributed by atoms with Crippen LogP contribution in [0.2, 0.25) is 0 Å². The van der Waals surface area contributed by atoms with Crippen molar-refractivity contribution in [2.75, 3.05) is 11.9 Å². The number of aromatic nitrogens is 1. The second kappa shape index (κ2) is 7.02. The first-order valence-corrected chi connectivity index (χ1v) is 7.36. The molecule has 0 aliphatic heterocycles. The predicted molar refractivity (Wildman–Crippen MR) is 84.6 cm³/mol. The van der Waals surface area contributed by atoms with Gasteiger partial charge in [-0.05, 0) is 37.6 Å². The number of hydrogen-bond donors (Lipinski definition) is 2. The van der Waals surface area contributed by atoms with Gasteiger partial charge < -0.3 is 10.4 Å². The second-order valence-electron chi connectivity index (χ2n) is 4.50. The minimum Gasteiger partial charge on any atom is -0.395 e. The molecule has 5 heteroatoms. The highest BCUT2D eigenvalue weighted by Crippen LogP contribution is 2.17. The summed E-state index contributed by atoms with van der Waals surface area (Å²) >= 11 is 1.37. The van der Waals surface area contributed by atoms with E-state index >= 15 is 0 Å². The van der Waals surface area contributed by atoms with Gasteiger partial charge in [0, 0.05) is 17.7 Å². The Morgan fingerprint density at radius 2 is 2.24 bits per heavy atom. The maximum absolute atomic E-state index is 12.0. The van der Waals surface area contributed by atoms with Crippen molar-refractivity contribution in [3.8, 4) is 11.8 Å². The molecule has 0 aliphatic rings. The summed E-state index contributed by atoms with van der Waals surface area (Å²) in [5, 5.41) is 12.4. The zero-order valence-corrected chi connectivity index (χ0v) is 12.8. The maximum atomic E-state index is 12.0. The number of aliphatic hydroxyl groups excluding tert-OH is 1. The van der Waals surface area contributed by atoms with Crippen molar-refractivity contribution >= 4 is 22.9 Å². The van der Waals surface area contributed by atoms with Crippen LogP contribution < -0.4 is 5.32 Å². The van der Waals surface area contributed by atoms with Gasteiger partial charge in [0.2, 0.25) is 0 Å². The SMILES string of the molecule is Cc1ncc(C(=O)Nc2ccc(C#CCCO)c(C)c2)s1. The molecule has 4 nitrogen and oxygen atoms in total. The van der Waals surface area contributed by atoms with E-state index in [9.17, 15) is 4.79 Å². The molecule has 0 saturated carbocycles. The molecule has 0 spiro atoms. The smallest absolute Gasteiger partial charge is 0.267 e. The first-order valence-electron chi connectivity index (χ1n) is 6.54. The zero-order valence-electron chi connectivity index (χ0n) is 11.9. The minimum atomic E-state index is -0.154. The highest BCUT2D eigenvalue weighted by molar-refractivity contribution is 7.13. The van der Waals surface area contributed by atoms with Gasteiger partial charge in [0.1, 0.15) is 4.88 Å². The van der Waals surface area contributed by atoms with E-state index in [1.165, 1.54) is 11.3 Å². The number of carbonyl (C=O) groups is 1. The molecule has 1 heterocycles. The van der Waals surface area contributed by atoms with Crippen LogP contribution in [0.4, 0.5) is 5.69 Å². The van der Waals surface area contributed by atoms with Crippen LogP contribution in [0.25, 0.3) is 0 Å². The van der Waals surface area contributed by atoms with Gasteiger partial charge in [0.15, 0.2) is 0 Å². The Labute approximate surface area is 127 Å². The molecule has 0 saturated heterocycles. The number of benzene rings is 1. The Balaban J connectivity index is 2.10. The van der Waals surface area contributed by atoms with Gasteiger partial charge in [-0.15, -0.1) is 11.3 Å². The average molecular weight is 300 g/mol. The Morgan fingerprint density at radius 1 is 1.43 bits per heavy atom. The third-order valence-electron chi connectivity index (χ3n) is 2.79. The monoisotopic (exact) mass is 300 g/mol. The highest BCUT2D eigenvalue weighted by atomic mass is 32.1. The molecule has 21 heavy (non-hydrogen) atoms. The molecule has 0 atom stereocenters. The van der Waals surface area contributed by atoms with E-state index in [0.29, 0.717) is 11.3 Å². The van der Waals surface area contributed by atoms with E-state index in [2.05, 4.69) is 22.1 Å². The number of rotatable bonds is 3. The van der Waals surface area contributed by atoms with Crippen molar-refractivity contribution in [3.05, 3.63) is 45.4 Å². The van der Waals surface area contributed by atoms with Crippen LogP contribution in [0, 0.1) is 25.7 Å². The van der Waals surface area contributed by atoms with Gasteiger partial charge >= 0.3 is 0 Å². The number of aliphatic hydroxyl groups is 1. The lowest BCUT2D eigenvalue weighted by atomic mass is 10.1. The van der Waals surface area contributed by atoms with E-state index < -0.39 is 0 Å². The summed E-state index contributed by atoms with van der Waals surface area (Å²) in [6.07, 6.45) is 2.04. The van der Waals surface area contributed by atoms with Gasteiger partial charge in [-0.3, -0.25) is 4.79 Å². The third kappa shape index (κ3) is 4.15. The lowest BCUT2D eigenvalue weighted by molar-refractivity contribution is 0.103. The minimum absolute atomic E-state index is 0.0639. The van der Waals surface area contributed by atoms with Crippen molar-refractivity contribution in [1.82, 2.24) is 4.98 Å². The molecule has 1 aromatic carbocycles. The van der Waals surface area contributed by atoms with Crippen molar-refractivity contribution in [2.24, 2.45) is 0 Å². The Bertz CT molecular complexity index is 711. The van der Waals surface area contributed by atoms with Crippen molar-refractivity contribution in [2.45, 2.75) is 20.3 Å². The Kier molecular flexibility index (Phi) is 5.09. The van der Waals surface area contributed by atoms with E-state index in [0.717, 1.165) is 21.8 Å². The number of aryl methyl sites for hydroxylation is 2. The topological polar surface area (TPSA) is 62.2 Å². The number of carbonyl (C=O) groups excluding carboxylic acids is 1. The Morgan fingerprint density at radius 3 is 2.86 bits per heavy atom. The molecule has 2 rings (SSSR count). The number of thiazole rings is 1. The molecule has 1 amide bonds. The summed E-state index contributed by atoms with van der Waals surface area (Å²) in [7, 11) is 0. The zero-order chi connectivity index (χ0) is 15.2. The first-order chi connectivity index (χ1) is 10.1. The van der Waals surface area contributed by atoms with Gasteiger partial charge in [-0.2, -0.15) is 0 Å². The molecular formula is C16H16N2O2S. The normalized spacial score (nSPS) is 9.86. The summed E-state index contributed by atoms with van der Waals surface area (Å²) in [5.74, 6) is 5.73. The van der Waals surface area contributed by atoms with Crippen molar-refractivity contribution in [3.63, 3.8) is 0 Å². The van der Waals surface area contributed by atoms with Gasteiger partial charge in [0.25, 0.3) is 5.91 Å². The fourth-order valence-corrected chi connectivity index (χ4v) is 2.43. The molecule has 0 radical (unpaired) electrons. The van der Waals surface area contributed by atoms with Gasteiger partial charge in [0.05, 0.1) is 17.8 Å². The van der Waals surface area contributed by atoms with Crippen LogP contribution in [0.1, 0.15) is 32.2 Å². The third-order valence-corrected chi connectivity index (χ3v) is 3.70. The molecule has 2 N–H and O–H groups in total. The average Bonchev–Trinajstić information content (AvgIpc) is 2.88. The quantitative estimate of drug-likeness (QED) is 0.857. The first kappa shape index (κ1) is 15.2. The summed E-state index contributed by atoms with van der Waals surface area (Å²) in [6.45, 7) is 3.87. The van der Waals surface area contributed by atoms with E-state index in [1.807, 2.05) is 32.0 Å². The number of anilines is 1. The predicted octanol–water partition coefficient (Wildman–Crippen LogP) is 2.75. The highest BCUT2D eigenvalue weighted by Gasteiger charge is 2.09. The van der Waals surface area contributed by atoms with E-state index in [-0.39, 0.29) is 12.5 Å². The number of nitrogens with one attached hydrogen (secondary N) is 1. The second-order valence-corrected chi connectivity index (χ2v) is 5.74. The van der Waals surface area contributed by atoms with Gasteiger partial charge in [-0.1, -0.05) is 11.8 Å². The number of amides is 1. The van der Waals surface area contributed by atoms with Crippen LogP contribution in [-0.2, 0) is 0 Å². The molecule has 0 aliphatic carbocycles. The lowest BCUT2D eigenvalue weighted by Crippen LogP contribution is -2.10. The van der Waals surface area contributed by atoms with Crippen LogP contribution in [0.3, 0.4) is 0 Å². The number of hydrogen-bond acceptors (Lipinski definition) is 4. The fourth-order valence-electron chi connectivity index (χ4n) is 1.75. The molecular weight excluding hydrogens is 284 g/mol. The van der Waals surface area contributed by atoms with Crippen LogP contribution >= 0.6 is 11.3 Å². The standard InChI is InChI=1S/C16H16N2O2S/c1-11-9-14(7-6-13(11)5-3-4-8-19)18-16(20)15-10-17-12(2)21-15/h6-7,9-10,19H,4,8H2,1-2H3,(H,18,20). The summed E-state index contributed by atoms with van der Waals surface area (Å²) < 4.78 is 0. The lowest BCUT2D eigenvalue weighted by Gasteiger charge is -2.06. The van der Waals surface area contributed by atoms with E-state index in [4.69, 9.17) is 5.11 Å². The Hall–Kier alpha value is -2.16. The molecule has 2 aromatic rings.